The molecule has 0 aliphatic carbocycles. The maximum Gasteiger partial charge on any atom is 0.326 e. The number of imidazole rings is 1. The van der Waals surface area contributed by atoms with Crippen molar-refractivity contribution in [2.45, 2.75) is 56.3 Å². The summed E-state index contributed by atoms with van der Waals surface area (Å²) in [6.07, 6.45) is 4.40. The lowest BCUT2D eigenvalue weighted by molar-refractivity contribution is -0.143. The van der Waals surface area contributed by atoms with Crippen molar-refractivity contribution >= 4 is 46.5 Å². The first-order chi connectivity index (χ1) is 20.9. The molecule has 17 heteroatoms. The summed E-state index contributed by atoms with van der Waals surface area (Å²) in [5, 5.41) is 17.8. The van der Waals surface area contributed by atoms with Gasteiger partial charge in [-0.15, -0.1) is 0 Å². The number of benzene rings is 1. The van der Waals surface area contributed by atoms with Crippen LogP contribution < -0.4 is 38.9 Å². The number of nitrogens with one attached hydrogen (secondary N) is 5. The molecular formula is C27H37N11O6. The lowest BCUT2D eigenvalue weighted by atomic mass is 10.0. The summed E-state index contributed by atoms with van der Waals surface area (Å²) in [7, 11) is 0. The molecule has 44 heavy (non-hydrogen) atoms. The van der Waals surface area contributed by atoms with Crippen molar-refractivity contribution in [2.24, 2.45) is 27.9 Å². The minimum Gasteiger partial charge on any atom is -0.480 e. The lowest BCUT2D eigenvalue weighted by Gasteiger charge is -2.25. The van der Waals surface area contributed by atoms with Gasteiger partial charge in [0.15, 0.2) is 5.96 Å². The molecule has 0 aliphatic rings. The van der Waals surface area contributed by atoms with Gasteiger partial charge in [0.2, 0.25) is 23.6 Å². The van der Waals surface area contributed by atoms with Gasteiger partial charge in [0.05, 0.1) is 18.8 Å². The van der Waals surface area contributed by atoms with Crippen LogP contribution in [0.2, 0.25) is 0 Å². The molecule has 0 radical (unpaired) electrons. The van der Waals surface area contributed by atoms with Crippen LogP contribution in [-0.2, 0) is 36.8 Å². The number of para-hydroxylation sites is 1. The molecule has 0 spiro atoms. The average molecular weight is 612 g/mol. The molecule has 2 aromatic heterocycles. The van der Waals surface area contributed by atoms with E-state index in [0.717, 1.165) is 10.9 Å². The van der Waals surface area contributed by atoms with Crippen molar-refractivity contribution in [2.75, 3.05) is 6.54 Å². The second kappa shape index (κ2) is 15.7. The van der Waals surface area contributed by atoms with Crippen LogP contribution in [0.1, 0.15) is 30.5 Å². The van der Waals surface area contributed by atoms with Gasteiger partial charge in [0, 0.05) is 48.4 Å². The van der Waals surface area contributed by atoms with Crippen LogP contribution >= 0.6 is 0 Å². The Kier molecular flexibility index (Phi) is 11.8. The third-order valence-electron chi connectivity index (χ3n) is 6.67. The maximum atomic E-state index is 13.7. The molecule has 0 saturated heterocycles. The fraction of sp³-hybridized carbons (Fsp3) is 0.370. The minimum atomic E-state index is -1.63. The van der Waals surface area contributed by atoms with Crippen molar-refractivity contribution < 1.29 is 29.1 Å². The molecule has 2 heterocycles. The molecule has 1 aromatic carbocycles. The second-order valence-electron chi connectivity index (χ2n) is 10.1. The van der Waals surface area contributed by atoms with Gasteiger partial charge in [-0.2, -0.15) is 0 Å². The zero-order chi connectivity index (χ0) is 32.2. The number of aliphatic imine (C=N–C) groups is 1. The molecule has 17 nitrogen and oxygen atoms in total. The number of carboxylic acid groups (broad SMARTS) is 1. The average Bonchev–Trinajstić information content (AvgIpc) is 3.63. The number of hydrogen-bond donors (Lipinski definition) is 10. The maximum absolute atomic E-state index is 13.7. The number of nitrogens with zero attached hydrogens (tertiary/aromatic N) is 2. The second-order valence-corrected chi connectivity index (χ2v) is 10.1. The third-order valence-corrected chi connectivity index (χ3v) is 6.67. The molecule has 14 N–H and O–H groups in total. The number of guanidine groups is 1. The van der Waals surface area contributed by atoms with Crippen LogP contribution in [0.25, 0.3) is 10.9 Å². The van der Waals surface area contributed by atoms with Crippen molar-refractivity contribution in [1.82, 2.24) is 30.9 Å². The largest absolute Gasteiger partial charge is 0.480 e. The zero-order valence-electron chi connectivity index (χ0n) is 23.8. The quantitative estimate of drug-likeness (QED) is 0.0433. The van der Waals surface area contributed by atoms with Gasteiger partial charge in [0.25, 0.3) is 0 Å². The Morgan fingerprint density at radius 1 is 0.909 bits per heavy atom. The summed E-state index contributed by atoms with van der Waals surface area (Å²) in [6.45, 7) is 0.264. The monoisotopic (exact) mass is 611 g/mol. The molecule has 4 atom stereocenters. The van der Waals surface area contributed by atoms with Crippen LogP contribution in [0.3, 0.4) is 0 Å². The molecule has 0 saturated carbocycles. The summed E-state index contributed by atoms with van der Waals surface area (Å²) in [5.74, 6) is -4.76. The van der Waals surface area contributed by atoms with Crippen LogP contribution in [0.5, 0.6) is 0 Å². The van der Waals surface area contributed by atoms with E-state index in [0.29, 0.717) is 17.7 Å². The lowest BCUT2D eigenvalue weighted by Crippen LogP contribution is -2.58. The summed E-state index contributed by atoms with van der Waals surface area (Å²) in [6, 6.07) is 2.25. The van der Waals surface area contributed by atoms with E-state index in [9.17, 15) is 29.1 Å². The first-order valence-corrected chi connectivity index (χ1v) is 13.7. The molecule has 4 unspecified atom stereocenters. The Morgan fingerprint density at radius 3 is 2.20 bits per heavy atom. The number of nitrogens with two attached hydrogens (primary N) is 4. The first kappa shape index (κ1) is 33.1. The molecule has 0 aliphatic heterocycles. The van der Waals surface area contributed by atoms with E-state index in [-0.39, 0.29) is 31.8 Å². The van der Waals surface area contributed by atoms with Gasteiger partial charge in [-0.3, -0.25) is 24.2 Å². The summed E-state index contributed by atoms with van der Waals surface area (Å²) >= 11 is 0. The van der Waals surface area contributed by atoms with Gasteiger partial charge in [0.1, 0.15) is 18.1 Å². The normalized spacial score (nSPS) is 13.7. The number of carbonyl (C=O) groups is 5. The van der Waals surface area contributed by atoms with Gasteiger partial charge >= 0.3 is 5.97 Å². The molecule has 236 valence electrons. The van der Waals surface area contributed by atoms with Gasteiger partial charge < -0.3 is 54.0 Å². The number of aromatic nitrogens is 3. The molecular weight excluding hydrogens is 574 g/mol. The Bertz CT molecular complexity index is 1480. The van der Waals surface area contributed by atoms with Crippen molar-refractivity contribution in [1.29, 1.82) is 0 Å². The van der Waals surface area contributed by atoms with Crippen molar-refractivity contribution in [3.8, 4) is 0 Å². The highest BCUT2D eigenvalue weighted by atomic mass is 16.4. The summed E-state index contributed by atoms with van der Waals surface area (Å²) in [4.78, 5) is 76.7. The Labute approximate surface area is 251 Å². The van der Waals surface area contributed by atoms with Crippen LogP contribution in [0.4, 0.5) is 0 Å². The number of H-pyrrole nitrogens is 2. The number of primary amides is 1. The SMILES string of the molecule is NC(=O)CC(NC(=O)C(Cc1cnc[nH]1)NC(=O)C(Cc1c[nH]c2ccccc12)NC(=O)C(N)CCCN=C(N)N)C(=O)O. The van der Waals surface area contributed by atoms with Crippen LogP contribution in [-0.4, -0.2) is 86.3 Å². The summed E-state index contributed by atoms with van der Waals surface area (Å²) < 4.78 is 0. The van der Waals surface area contributed by atoms with E-state index in [1.807, 2.05) is 24.3 Å². The van der Waals surface area contributed by atoms with Gasteiger partial charge in [-0.25, -0.2) is 9.78 Å². The topological polar surface area (TPSA) is 303 Å². The van der Waals surface area contributed by atoms with Crippen LogP contribution in [0, 0.1) is 0 Å². The standard InChI is InChI=1S/C27H37N11O6/c28-17(5-3-7-33-27(30)31)23(40)36-19(8-14-11-34-18-6-2-1-4-16(14)18)24(41)37-20(9-15-12-32-13-35-15)25(42)38-21(26(43)44)10-22(29)39/h1-2,4,6,11-13,17,19-21,34H,3,5,7-10,28H2,(H2,29,39)(H,32,35)(H,36,40)(H,37,41)(H,38,42)(H,43,44)(H4,30,31,33). The molecule has 0 fully saturated rings. The van der Waals surface area contributed by atoms with E-state index in [1.54, 1.807) is 6.20 Å². The predicted molar refractivity (Wildman–Crippen MR) is 159 cm³/mol. The highest BCUT2D eigenvalue weighted by Crippen LogP contribution is 2.19. The minimum absolute atomic E-state index is 0.0279. The number of amides is 4. The first-order valence-electron chi connectivity index (χ1n) is 13.7. The fourth-order valence-corrected chi connectivity index (χ4v) is 4.43. The number of carboxylic acids is 1. The Balaban J connectivity index is 1.84. The van der Waals surface area contributed by atoms with Crippen molar-refractivity contribution in [3.63, 3.8) is 0 Å². The number of aromatic amines is 2. The Morgan fingerprint density at radius 2 is 1.57 bits per heavy atom. The molecule has 4 amide bonds. The molecule has 0 bridgehead atoms. The van der Waals surface area contributed by atoms with E-state index < -0.39 is 60.2 Å². The number of rotatable bonds is 17. The van der Waals surface area contributed by atoms with Crippen molar-refractivity contribution in [3.05, 3.63) is 54.2 Å². The number of fused-ring (bicyclic) bond motifs is 1. The zero-order valence-corrected chi connectivity index (χ0v) is 23.8. The van der Waals surface area contributed by atoms with E-state index in [4.69, 9.17) is 22.9 Å². The summed E-state index contributed by atoms with van der Waals surface area (Å²) in [5.41, 5.74) is 23.8. The number of carbonyl (C=O) groups excluding carboxylic acids is 4. The van der Waals surface area contributed by atoms with E-state index in [1.165, 1.54) is 12.5 Å². The smallest absolute Gasteiger partial charge is 0.326 e. The molecule has 3 aromatic rings. The predicted octanol–water partition coefficient (Wildman–Crippen LogP) is -2.53. The fourth-order valence-electron chi connectivity index (χ4n) is 4.43. The number of aliphatic carboxylic acids is 1. The van der Waals surface area contributed by atoms with Gasteiger partial charge in [-0.05, 0) is 24.5 Å². The highest BCUT2D eigenvalue weighted by Gasteiger charge is 2.32. The highest BCUT2D eigenvalue weighted by molar-refractivity contribution is 5.95. The van der Waals surface area contributed by atoms with E-state index in [2.05, 4.69) is 35.9 Å². The van der Waals surface area contributed by atoms with E-state index >= 15 is 0 Å². The Hall–Kier alpha value is -5.45. The van der Waals surface area contributed by atoms with Gasteiger partial charge in [-0.1, -0.05) is 18.2 Å². The third kappa shape index (κ3) is 9.83. The van der Waals surface area contributed by atoms with Crippen LogP contribution in [0.15, 0.2) is 48.0 Å². The number of hydrogen-bond acceptors (Lipinski definition) is 8. The molecule has 3 rings (SSSR count).